The molecule has 5 rings (SSSR count). The maximum atomic E-state index is 13.8. The van der Waals surface area contributed by atoms with Crippen molar-refractivity contribution in [3.05, 3.63) is 89.6 Å². The Hall–Kier alpha value is -3.84. The highest BCUT2D eigenvalue weighted by Gasteiger charge is 2.30. The molecule has 2 amide bonds. The minimum atomic E-state index is -0.331. The van der Waals surface area contributed by atoms with Gasteiger partial charge in [-0.3, -0.25) is 9.59 Å². The van der Waals surface area contributed by atoms with E-state index in [1.54, 1.807) is 35.4 Å². The number of nitrogens with zero attached hydrogens (tertiary/aromatic N) is 1. The molecule has 2 aromatic carbocycles. The number of aryl methyl sites for hydroxylation is 1. The SMILES string of the molecule is Cc1ccc(C(=O)Nc2c(C(=O)N(Cc3ccco3)C[C@H]3CCCO3)oc3ccccc23)cc1. The van der Waals surface area contributed by atoms with Crippen molar-refractivity contribution in [2.75, 3.05) is 18.5 Å². The number of anilines is 1. The normalized spacial score (nSPS) is 15.5. The lowest BCUT2D eigenvalue weighted by molar-refractivity contribution is 0.0471. The van der Waals surface area contributed by atoms with Gasteiger partial charge in [-0.15, -0.1) is 0 Å². The molecule has 7 nitrogen and oxygen atoms in total. The smallest absolute Gasteiger partial charge is 0.292 e. The summed E-state index contributed by atoms with van der Waals surface area (Å²) in [6, 6.07) is 18.2. The fourth-order valence-electron chi connectivity index (χ4n) is 4.20. The lowest BCUT2D eigenvalue weighted by atomic mass is 10.1. The van der Waals surface area contributed by atoms with Gasteiger partial charge < -0.3 is 23.8 Å². The number of furan rings is 2. The number of ether oxygens (including phenoxy) is 1. The van der Waals surface area contributed by atoms with Crippen LogP contribution < -0.4 is 5.32 Å². The zero-order valence-electron chi connectivity index (χ0n) is 19.0. The minimum absolute atomic E-state index is 0.0473. The van der Waals surface area contributed by atoms with Gasteiger partial charge in [-0.2, -0.15) is 0 Å². The molecule has 7 heteroatoms. The molecule has 34 heavy (non-hydrogen) atoms. The molecular formula is C27H26N2O5. The van der Waals surface area contributed by atoms with Gasteiger partial charge in [0.25, 0.3) is 11.8 Å². The van der Waals surface area contributed by atoms with Crippen molar-refractivity contribution in [3.63, 3.8) is 0 Å². The third-order valence-electron chi connectivity index (χ3n) is 6.00. The summed E-state index contributed by atoms with van der Waals surface area (Å²) in [6.45, 7) is 3.33. The van der Waals surface area contributed by atoms with Crippen molar-refractivity contribution in [3.8, 4) is 0 Å². The van der Waals surface area contributed by atoms with Crippen LogP contribution in [0, 0.1) is 6.92 Å². The first-order chi connectivity index (χ1) is 16.6. The average Bonchev–Trinajstić information content (AvgIpc) is 3.61. The van der Waals surface area contributed by atoms with Crippen LogP contribution in [0.25, 0.3) is 11.0 Å². The molecule has 1 aliphatic rings. The van der Waals surface area contributed by atoms with Gasteiger partial charge in [-0.1, -0.05) is 29.8 Å². The number of fused-ring (bicyclic) bond motifs is 1. The zero-order valence-corrected chi connectivity index (χ0v) is 19.0. The number of carbonyl (C=O) groups is 2. The van der Waals surface area contributed by atoms with E-state index in [-0.39, 0.29) is 30.2 Å². The van der Waals surface area contributed by atoms with Gasteiger partial charge in [0.1, 0.15) is 17.0 Å². The Balaban J connectivity index is 1.49. The van der Waals surface area contributed by atoms with Gasteiger partial charge >= 0.3 is 0 Å². The van der Waals surface area contributed by atoms with Crippen molar-refractivity contribution in [1.29, 1.82) is 0 Å². The third kappa shape index (κ3) is 4.61. The Morgan fingerprint density at radius 1 is 1.06 bits per heavy atom. The van der Waals surface area contributed by atoms with Crippen molar-refractivity contribution in [2.24, 2.45) is 0 Å². The summed E-state index contributed by atoms with van der Waals surface area (Å²) >= 11 is 0. The minimum Gasteiger partial charge on any atom is -0.467 e. The largest absolute Gasteiger partial charge is 0.467 e. The van der Waals surface area contributed by atoms with Crippen LogP contribution in [-0.2, 0) is 11.3 Å². The predicted octanol–water partition coefficient (Wildman–Crippen LogP) is 5.41. The summed E-state index contributed by atoms with van der Waals surface area (Å²) < 4.78 is 17.3. The molecule has 174 valence electrons. The maximum absolute atomic E-state index is 13.8. The monoisotopic (exact) mass is 458 g/mol. The number of amides is 2. The second kappa shape index (κ2) is 9.57. The number of carbonyl (C=O) groups excluding carboxylic acids is 2. The Labute approximate surface area is 197 Å². The van der Waals surface area contributed by atoms with Gasteiger partial charge in [-0.25, -0.2) is 0 Å². The first-order valence-corrected chi connectivity index (χ1v) is 11.4. The number of benzene rings is 2. The van der Waals surface area contributed by atoms with E-state index >= 15 is 0 Å². The molecule has 1 aliphatic heterocycles. The van der Waals surface area contributed by atoms with E-state index in [2.05, 4.69) is 5.32 Å². The quantitative estimate of drug-likeness (QED) is 0.400. The predicted molar refractivity (Wildman–Crippen MR) is 128 cm³/mol. The number of para-hydroxylation sites is 1. The fraction of sp³-hybridized carbons (Fsp3) is 0.259. The van der Waals surface area contributed by atoms with E-state index in [9.17, 15) is 9.59 Å². The summed E-state index contributed by atoms with van der Waals surface area (Å²) in [5.41, 5.74) is 2.45. The molecular weight excluding hydrogens is 432 g/mol. The van der Waals surface area contributed by atoms with Crippen LogP contribution in [0.15, 0.2) is 75.8 Å². The maximum Gasteiger partial charge on any atom is 0.292 e. The lowest BCUT2D eigenvalue weighted by Crippen LogP contribution is -2.37. The summed E-state index contributed by atoms with van der Waals surface area (Å²) in [6.07, 6.45) is 3.39. The third-order valence-corrected chi connectivity index (χ3v) is 6.00. The molecule has 0 unspecified atom stereocenters. The zero-order chi connectivity index (χ0) is 23.5. The van der Waals surface area contributed by atoms with Gasteiger partial charge in [-0.05, 0) is 56.2 Å². The molecule has 0 saturated carbocycles. The van der Waals surface area contributed by atoms with Crippen molar-refractivity contribution in [2.45, 2.75) is 32.4 Å². The van der Waals surface area contributed by atoms with Crippen LogP contribution in [-0.4, -0.2) is 36.0 Å². The second-order valence-corrected chi connectivity index (χ2v) is 8.52. The highest BCUT2D eigenvalue weighted by atomic mass is 16.5. The van der Waals surface area contributed by atoms with E-state index in [0.29, 0.717) is 41.1 Å². The molecule has 1 saturated heterocycles. The van der Waals surface area contributed by atoms with Gasteiger partial charge in [0.2, 0.25) is 5.76 Å². The van der Waals surface area contributed by atoms with Gasteiger partial charge in [0, 0.05) is 24.1 Å². The van der Waals surface area contributed by atoms with Crippen molar-refractivity contribution in [1.82, 2.24) is 4.90 Å². The molecule has 0 spiro atoms. The Morgan fingerprint density at radius 3 is 2.62 bits per heavy atom. The van der Waals surface area contributed by atoms with Crippen molar-refractivity contribution >= 4 is 28.5 Å². The molecule has 1 atom stereocenters. The molecule has 4 aromatic rings. The van der Waals surface area contributed by atoms with E-state index < -0.39 is 0 Å². The van der Waals surface area contributed by atoms with Gasteiger partial charge in [0.15, 0.2) is 0 Å². The molecule has 0 bridgehead atoms. The number of nitrogens with one attached hydrogen (secondary N) is 1. The molecule has 1 N–H and O–H groups in total. The average molecular weight is 459 g/mol. The fourth-order valence-corrected chi connectivity index (χ4v) is 4.20. The molecule has 0 radical (unpaired) electrons. The Morgan fingerprint density at radius 2 is 1.88 bits per heavy atom. The highest BCUT2D eigenvalue weighted by molar-refractivity contribution is 6.14. The van der Waals surface area contributed by atoms with Crippen LogP contribution in [0.3, 0.4) is 0 Å². The van der Waals surface area contributed by atoms with Gasteiger partial charge in [0.05, 0.1) is 18.9 Å². The van der Waals surface area contributed by atoms with Crippen LogP contribution in [0.1, 0.15) is 45.1 Å². The number of hydrogen-bond donors (Lipinski definition) is 1. The topological polar surface area (TPSA) is 84.9 Å². The molecule has 0 aliphatic carbocycles. The standard InChI is InChI=1S/C27H26N2O5/c1-18-10-12-19(13-11-18)26(30)28-24-22-8-2-3-9-23(22)34-25(24)27(31)29(16-20-6-4-14-32-20)17-21-7-5-15-33-21/h2-4,6,8-14,21H,5,7,15-17H2,1H3,(H,28,30)/t21-/m1/s1. The highest BCUT2D eigenvalue weighted by Crippen LogP contribution is 2.33. The lowest BCUT2D eigenvalue weighted by Gasteiger charge is -2.24. The van der Waals surface area contributed by atoms with Crippen molar-refractivity contribution < 1.29 is 23.2 Å². The number of rotatable bonds is 7. The van der Waals surface area contributed by atoms with Crippen LogP contribution in [0.4, 0.5) is 5.69 Å². The number of hydrogen-bond acceptors (Lipinski definition) is 5. The van der Waals surface area contributed by atoms with E-state index in [4.69, 9.17) is 13.6 Å². The molecule has 2 aromatic heterocycles. The summed E-state index contributed by atoms with van der Waals surface area (Å²) in [5.74, 6) is 0.110. The molecule has 1 fully saturated rings. The first kappa shape index (κ1) is 22.0. The summed E-state index contributed by atoms with van der Waals surface area (Å²) in [4.78, 5) is 28.5. The molecule has 3 heterocycles. The van der Waals surface area contributed by atoms with Crippen LogP contribution >= 0.6 is 0 Å². The Kier molecular flexibility index (Phi) is 6.18. The van der Waals surface area contributed by atoms with E-state index in [1.807, 2.05) is 43.3 Å². The second-order valence-electron chi connectivity index (χ2n) is 8.52. The summed E-state index contributed by atoms with van der Waals surface area (Å²) in [5, 5.41) is 3.59. The van der Waals surface area contributed by atoms with Crippen LogP contribution in [0.2, 0.25) is 0 Å². The Bertz CT molecular complexity index is 1280. The first-order valence-electron chi connectivity index (χ1n) is 11.4. The summed E-state index contributed by atoms with van der Waals surface area (Å²) in [7, 11) is 0. The van der Waals surface area contributed by atoms with E-state index in [1.165, 1.54) is 0 Å². The van der Waals surface area contributed by atoms with Crippen LogP contribution in [0.5, 0.6) is 0 Å². The van der Waals surface area contributed by atoms with E-state index in [0.717, 1.165) is 18.4 Å².